The van der Waals surface area contributed by atoms with Crippen molar-refractivity contribution in [1.82, 2.24) is 5.43 Å². The van der Waals surface area contributed by atoms with Crippen LogP contribution in [-0.2, 0) is 4.79 Å². The summed E-state index contributed by atoms with van der Waals surface area (Å²) in [5, 5.41) is 3.78. The van der Waals surface area contributed by atoms with Crippen LogP contribution < -0.4 is 10.2 Å². The summed E-state index contributed by atoms with van der Waals surface area (Å²) in [6, 6.07) is 11.3. The van der Waals surface area contributed by atoms with E-state index in [2.05, 4.69) is 24.4 Å². The topological polar surface area (TPSA) is 63.8 Å². The van der Waals surface area contributed by atoms with Crippen molar-refractivity contribution >= 4 is 12.1 Å². The van der Waals surface area contributed by atoms with Crippen LogP contribution in [0.3, 0.4) is 0 Å². The zero-order chi connectivity index (χ0) is 15.8. The van der Waals surface area contributed by atoms with Gasteiger partial charge in [-0.15, -0.1) is 0 Å². The van der Waals surface area contributed by atoms with Gasteiger partial charge in [0.25, 0.3) is 5.91 Å². The van der Waals surface area contributed by atoms with E-state index < -0.39 is 0 Å². The third-order valence-corrected chi connectivity index (χ3v) is 3.36. The highest BCUT2D eigenvalue weighted by molar-refractivity contribution is 5.81. The van der Waals surface area contributed by atoms with Crippen molar-refractivity contribution in [3.63, 3.8) is 0 Å². The highest BCUT2D eigenvalue weighted by Crippen LogP contribution is 2.21. The number of carbonyl (C=O) groups excluding carboxylic acids is 1. The Morgan fingerprint density at radius 3 is 2.77 bits per heavy atom. The van der Waals surface area contributed by atoms with Crippen LogP contribution in [0.25, 0.3) is 0 Å². The van der Waals surface area contributed by atoms with Crippen molar-refractivity contribution in [2.75, 3.05) is 6.61 Å². The molecule has 0 aliphatic rings. The van der Waals surface area contributed by atoms with E-state index in [4.69, 9.17) is 9.15 Å². The Kier molecular flexibility index (Phi) is 5.77. The molecule has 5 nitrogen and oxygen atoms in total. The molecule has 0 bridgehead atoms. The SMILES string of the molecule is CCC(C)c1ccc(OCC(=O)NN=Cc2ccco2)cc1. The number of hydrogen-bond donors (Lipinski definition) is 1. The number of benzene rings is 1. The number of nitrogens with zero attached hydrogens (tertiary/aromatic N) is 1. The minimum Gasteiger partial charge on any atom is -0.484 e. The lowest BCUT2D eigenvalue weighted by molar-refractivity contribution is -0.123. The lowest BCUT2D eigenvalue weighted by Crippen LogP contribution is -2.24. The van der Waals surface area contributed by atoms with E-state index in [9.17, 15) is 4.79 Å². The second-order valence-corrected chi connectivity index (χ2v) is 4.98. The Labute approximate surface area is 130 Å². The Balaban J connectivity index is 1.76. The number of hydrogen-bond acceptors (Lipinski definition) is 4. The molecule has 22 heavy (non-hydrogen) atoms. The van der Waals surface area contributed by atoms with Crippen molar-refractivity contribution in [2.45, 2.75) is 26.2 Å². The van der Waals surface area contributed by atoms with Crippen LogP contribution in [0.1, 0.15) is 37.5 Å². The molecule has 2 rings (SSSR count). The van der Waals surface area contributed by atoms with Gasteiger partial charge in [0.2, 0.25) is 0 Å². The maximum absolute atomic E-state index is 11.6. The number of amides is 1. The molecule has 1 atom stereocenters. The predicted molar refractivity (Wildman–Crippen MR) is 85.1 cm³/mol. The fourth-order valence-corrected chi connectivity index (χ4v) is 1.84. The average Bonchev–Trinajstić information content (AvgIpc) is 3.06. The first kappa shape index (κ1) is 15.8. The first-order chi connectivity index (χ1) is 10.7. The number of carbonyl (C=O) groups is 1. The van der Waals surface area contributed by atoms with Gasteiger partial charge in [-0.25, -0.2) is 5.43 Å². The van der Waals surface area contributed by atoms with Crippen molar-refractivity contribution in [2.24, 2.45) is 5.10 Å². The summed E-state index contributed by atoms with van der Waals surface area (Å²) >= 11 is 0. The minimum atomic E-state index is -0.325. The van der Waals surface area contributed by atoms with Crippen LogP contribution in [0.2, 0.25) is 0 Å². The summed E-state index contributed by atoms with van der Waals surface area (Å²) in [5.74, 6) is 1.43. The van der Waals surface area contributed by atoms with E-state index in [-0.39, 0.29) is 12.5 Å². The normalized spacial score (nSPS) is 12.3. The highest BCUT2D eigenvalue weighted by Gasteiger charge is 2.04. The molecule has 116 valence electrons. The zero-order valence-electron chi connectivity index (χ0n) is 12.8. The van der Waals surface area contributed by atoms with Crippen LogP contribution in [0.4, 0.5) is 0 Å². The van der Waals surface area contributed by atoms with Gasteiger partial charge >= 0.3 is 0 Å². The number of furan rings is 1. The molecule has 2 aromatic rings. The van der Waals surface area contributed by atoms with Gasteiger partial charge < -0.3 is 9.15 Å². The van der Waals surface area contributed by atoms with Gasteiger partial charge in [0, 0.05) is 0 Å². The molecular weight excluding hydrogens is 280 g/mol. The Hall–Kier alpha value is -2.56. The fraction of sp³-hybridized carbons (Fsp3) is 0.294. The van der Waals surface area contributed by atoms with Crippen molar-refractivity contribution < 1.29 is 13.9 Å². The largest absolute Gasteiger partial charge is 0.484 e. The van der Waals surface area contributed by atoms with Gasteiger partial charge in [-0.2, -0.15) is 5.10 Å². The van der Waals surface area contributed by atoms with Crippen LogP contribution in [0, 0.1) is 0 Å². The third-order valence-electron chi connectivity index (χ3n) is 3.36. The second kappa shape index (κ2) is 8.02. The molecule has 0 aliphatic carbocycles. The van der Waals surface area contributed by atoms with Gasteiger partial charge in [-0.05, 0) is 42.2 Å². The van der Waals surface area contributed by atoms with Crippen LogP contribution in [0.15, 0.2) is 52.2 Å². The van der Waals surface area contributed by atoms with Gasteiger partial charge in [0.1, 0.15) is 11.5 Å². The van der Waals surface area contributed by atoms with E-state index in [0.29, 0.717) is 17.4 Å². The van der Waals surface area contributed by atoms with Crippen LogP contribution >= 0.6 is 0 Å². The maximum atomic E-state index is 11.6. The summed E-state index contributed by atoms with van der Waals surface area (Å²) in [5.41, 5.74) is 3.64. The van der Waals surface area contributed by atoms with E-state index in [1.165, 1.54) is 18.0 Å². The monoisotopic (exact) mass is 300 g/mol. The molecule has 1 amide bonds. The summed E-state index contributed by atoms with van der Waals surface area (Å²) in [4.78, 5) is 11.6. The van der Waals surface area contributed by atoms with E-state index >= 15 is 0 Å². The van der Waals surface area contributed by atoms with E-state index in [0.717, 1.165) is 6.42 Å². The Bertz CT molecular complexity index is 603. The number of rotatable bonds is 7. The predicted octanol–water partition coefficient (Wildman–Crippen LogP) is 3.32. The molecule has 1 aromatic carbocycles. The van der Waals surface area contributed by atoms with Gasteiger partial charge in [0.05, 0.1) is 12.5 Å². The van der Waals surface area contributed by atoms with Gasteiger partial charge in [-0.1, -0.05) is 26.0 Å². The fourth-order valence-electron chi connectivity index (χ4n) is 1.84. The number of ether oxygens (including phenoxy) is 1. The maximum Gasteiger partial charge on any atom is 0.277 e. The van der Waals surface area contributed by atoms with Crippen LogP contribution in [-0.4, -0.2) is 18.7 Å². The standard InChI is InChI=1S/C17H20N2O3/c1-3-13(2)14-6-8-15(9-7-14)22-12-17(20)19-18-11-16-5-4-10-21-16/h4-11,13H,3,12H2,1-2H3,(H,19,20). The minimum absolute atomic E-state index is 0.0851. The molecule has 0 spiro atoms. The average molecular weight is 300 g/mol. The summed E-state index contributed by atoms with van der Waals surface area (Å²) in [6.45, 7) is 4.25. The molecule has 5 heteroatoms. The lowest BCUT2D eigenvalue weighted by Gasteiger charge is -2.10. The van der Waals surface area contributed by atoms with Crippen molar-refractivity contribution in [1.29, 1.82) is 0 Å². The van der Waals surface area contributed by atoms with Gasteiger partial charge in [-0.3, -0.25) is 4.79 Å². The van der Waals surface area contributed by atoms with Crippen molar-refractivity contribution in [3.8, 4) is 5.75 Å². The summed E-state index contributed by atoms with van der Waals surface area (Å²) in [6.07, 6.45) is 4.06. The van der Waals surface area contributed by atoms with E-state index in [1.54, 1.807) is 12.1 Å². The highest BCUT2D eigenvalue weighted by atomic mass is 16.5. The molecule has 0 aliphatic heterocycles. The molecule has 1 unspecified atom stereocenters. The molecular formula is C17H20N2O3. The number of hydrazone groups is 1. The second-order valence-electron chi connectivity index (χ2n) is 4.98. The quantitative estimate of drug-likeness (QED) is 0.630. The molecule has 1 heterocycles. The third kappa shape index (κ3) is 4.77. The molecule has 0 fully saturated rings. The summed E-state index contributed by atoms with van der Waals surface area (Å²) in [7, 11) is 0. The number of nitrogens with one attached hydrogen (secondary N) is 1. The first-order valence-corrected chi connectivity index (χ1v) is 7.27. The Morgan fingerprint density at radius 2 is 2.14 bits per heavy atom. The smallest absolute Gasteiger partial charge is 0.277 e. The molecule has 1 aromatic heterocycles. The van der Waals surface area contributed by atoms with E-state index in [1.807, 2.05) is 24.3 Å². The summed E-state index contributed by atoms with van der Waals surface area (Å²) < 4.78 is 10.5. The molecule has 0 saturated heterocycles. The Morgan fingerprint density at radius 1 is 1.36 bits per heavy atom. The zero-order valence-corrected chi connectivity index (χ0v) is 12.8. The van der Waals surface area contributed by atoms with Crippen LogP contribution in [0.5, 0.6) is 5.75 Å². The van der Waals surface area contributed by atoms with Gasteiger partial charge in [0.15, 0.2) is 6.61 Å². The van der Waals surface area contributed by atoms with Crippen molar-refractivity contribution in [3.05, 3.63) is 54.0 Å². The lowest BCUT2D eigenvalue weighted by atomic mass is 9.99. The molecule has 0 saturated carbocycles. The molecule has 1 N–H and O–H groups in total. The first-order valence-electron chi connectivity index (χ1n) is 7.27. The molecule has 0 radical (unpaired) electrons.